The van der Waals surface area contributed by atoms with E-state index in [0.29, 0.717) is 27.0 Å². The second kappa shape index (κ2) is 11.2. The van der Waals surface area contributed by atoms with Gasteiger partial charge in [0, 0.05) is 15.7 Å². The van der Waals surface area contributed by atoms with E-state index < -0.39 is 17.8 Å². The maximum absolute atomic E-state index is 12.9. The molecular formula is C23H20Cl2N2O5S. The van der Waals surface area contributed by atoms with E-state index in [1.807, 2.05) is 0 Å². The average molecular weight is 507 g/mol. The van der Waals surface area contributed by atoms with Gasteiger partial charge in [0.2, 0.25) is 0 Å². The molecule has 0 saturated heterocycles. The van der Waals surface area contributed by atoms with Crippen molar-refractivity contribution in [1.29, 1.82) is 0 Å². The summed E-state index contributed by atoms with van der Waals surface area (Å²) in [6.07, 6.45) is 0. The number of hydrogen-bond acceptors (Lipinski definition) is 6. The van der Waals surface area contributed by atoms with E-state index in [0.717, 1.165) is 11.3 Å². The first kappa shape index (κ1) is 24.6. The Bertz CT molecular complexity index is 1160. The Morgan fingerprint density at radius 2 is 1.55 bits per heavy atom. The van der Waals surface area contributed by atoms with Gasteiger partial charge in [-0.05, 0) is 67.9 Å². The molecule has 33 heavy (non-hydrogen) atoms. The minimum absolute atomic E-state index is 0.128. The fraction of sp³-hybridized carbons (Fsp3) is 0.174. The summed E-state index contributed by atoms with van der Waals surface area (Å²) in [5.41, 5.74) is 1.07. The van der Waals surface area contributed by atoms with E-state index in [4.69, 9.17) is 32.7 Å². The summed E-state index contributed by atoms with van der Waals surface area (Å²) in [5, 5.41) is 6.69. The van der Waals surface area contributed by atoms with E-state index in [-0.39, 0.29) is 28.7 Å². The molecule has 0 spiro atoms. The van der Waals surface area contributed by atoms with Gasteiger partial charge in [0.05, 0.1) is 17.0 Å². The summed E-state index contributed by atoms with van der Waals surface area (Å²) in [4.78, 5) is 38.2. The topological polar surface area (TPSA) is 93.7 Å². The molecule has 0 aliphatic heterocycles. The van der Waals surface area contributed by atoms with Crippen LogP contribution in [-0.4, -0.2) is 31.0 Å². The maximum atomic E-state index is 12.9. The van der Waals surface area contributed by atoms with Crippen LogP contribution in [0.25, 0.3) is 0 Å². The number of anilines is 2. The molecule has 2 N–H and O–H groups in total. The quantitative estimate of drug-likeness (QED) is 0.376. The second-order valence-electron chi connectivity index (χ2n) is 6.73. The molecule has 10 heteroatoms. The van der Waals surface area contributed by atoms with E-state index in [2.05, 4.69) is 10.6 Å². The Labute approximate surface area is 204 Å². The molecule has 0 unspecified atom stereocenters. The first-order valence-electron chi connectivity index (χ1n) is 9.84. The molecule has 7 nitrogen and oxygen atoms in total. The average Bonchev–Trinajstić information content (AvgIpc) is 3.11. The van der Waals surface area contributed by atoms with Crippen molar-refractivity contribution in [3.05, 3.63) is 74.6 Å². The van der Waals surface area contributed by atoms with Gasteiger partial charge in [-0.25, -0.2) is 4.79 Å². The molecule has 1 aromatic heterocycles. The first-order valence-corrected chi connectivity index (χ1v) is 11.4. The number of carbonyl (C=O) groups is 3. The normalized spacial score (nSPS) is 10.4. The monoisotopic (exact) mass is 506 g/mol. The third-order valence-electron chi connectivity index (χ3n) is 4.37. The van der Waals surface area contributed by atoms with Crippen molar-refractivity contribution in [2.45, 2.75) is 13.8 Å². The lowest BCUT2D eigenvalue weighted by molar-refractivity contribution is -0.118. The van der Waals surface area contributed by atoms with Crippen LogP contribution in [0.2, 0.25) is 10.0 Å². The molecule has 0 saturated carbocycles. The molecule has 3 rings (SSSR count). The highest BCUT2D eigenvalue weighted by atomic mass is 35.5. The van der Waals surface area contributed by atoms with Gasteiger partial charge < -0.3 is 20.1 Å². The molecular weight excluding hydrogens is 487 g/mol. The Balaban J connectivity index is 1.79. The minimum atomic E-state index is -0.634. The molecule has 0 aliphatic rings. The Hall–Kier alpha value is -3.07. The summed E-state index contributed by atoms with van der Waals surface area (Å²) < 4.78 is 10.6. The zero-order chi connectivity index (χ0) is 24.0. The minimum Gasteiger partial charge on any atom is -0.484 e. The van der Waals surface area contributed by atoms with Crippen LogP contribution < -0.4 is 15.4 Å². The van der Waals surface area contributed by atoms with Crippen molar-refractivity contribution in [3.8, 4) is 5.75 Å². The zero-order valence-corrected chi connectivity index (χ0v) is 20.1. The van der Waals surface area contributed by atoms with Crippen molar-refractivity contribution >= 4 is 63.0 Å². The number of halogens is 2. The van der Waals surface area contributed by atoms with Gasteiger partial charge in [-0.3, -0.25) is 9.59 Å². The van der Waals surface area contributed by atoms with Gasteiger partial charge in [0.1, 0.15) is 10.8 Å². The molecule has 0 bridgehead atoms. The number of amides is 2. The second-order valence-corrected chi connectivity index (χ2v) is 8.63. The van der Waals surface area contributed by atoms with Gasteiger partial charge in [-0.1, -0.05) is 23.2 Å². The van der Waals surface area contributed by atoms with Crippen LogP contribution >= 0.6 is 34.5 Å². The molecule has 0 fully saturated rings. The standard InChI is InChI=1S/C23H20Cl2N2O5S/c1-3-31-23(30)19-13(2)20(21(29)26-16-8-4-14(24)5-9-16)33-22(19)27-18(28)12-32-17-10-6-15(25)7-11-17/h4-11H,3,12H2,1-2H3,(H,26,29)(H,27,28). The summed E-state index contributed by atoms with van der Waals surface area (Å²) in [6.45, 7) is 3.14. The highest BCUT2D eigenvalue weighted by molar-refractivity contribution is 7.19. The van der Waals surface area contributed by atoms with Gasteiger partial charge in [0.25, 0.3) is 11.8 Å². The molecule has 0 aliphatic carbocycles. The van der Waals surface area contributed by atoms with Crippen LogP contribution in [0.5, 0.6) is 5.75 Å². The fourth-order valence-electron chi connectivity index (χ4n) is 2.83. The number of nitrogens with one attached hydrogen (secondary N) is 2. The SMILES string of the molecule is CCOC(=O)c1c(NC(=O)COc2ccc(Cl)cc2)sc(C(=O)Nc2ccc(Cl)cc2)c1C. The van der Waals surface area contributed by atoms with Crippen LogP contribution in [0.3, 0.4) is 0 Å². The zero-order valence-electron chi connectivity index (χ0n) is 17.7. The Morgan fingerprint density at radius 1 is 0.939 bits per heavy atom. The molecule has 2 amide bonds. The van der Waals surface area contributed by atoms with Gasteiger partial charge in [-0.15, -0.1) is 11.3 Å². The third kappa shape index (κ3) is 6.47. The maximum Gasteiger partial charge on any atom is 0.341 e. The van der Waals surface area contributed by atoms with E-state index in [9.17, 15) is 14.4 Å². The molecule has 0 radical (unpaired) electrons. The Kier molecular flexibility index (Phi) is 8.32. The molecule has 172 valence electrons. The molecule has 3 aromatic rings. The number of rotatable bonds is 8. The fourth-order valence-corrected chi connectivity index (χ4v) is 4.19. The lowest BCUT2D eigenvalue weighted by Crippen LogP contribution is -2.21. The molecule has 0 atom stereocenters. The number of benzene rings is 2. The summed E-state index contributed by atoms with van der Waals surface area (Å²) in [5.74, 6) is -1.10. The van der Waals surface area contributed by atoms with Crippen LogP contribution in [-0.2, 0) is 9.53 Å². The summed E-state index contributed by atoms with van der Waals surface area (Å²) >= 11 is 12.7. The smallest absolute Gasteiger partial charge is 0.341 e. The van der Waals surface area contributed by atoms with Crippen molar-refractivity contribution in [3.63, 3.8) is 0 Å². The highest BCUT2D eigenvalue weighted by Crippen LogP contribution is 2.34. The first-order chi connectivity index (χ1) is 15.8. The summed E-state index contributed by atoms with van der Waals surface area (Å²) in [6, 6.07) is 13.2. The third-order valence-corrected chi connectivity index (χ3v) is 6.08. The highest BCUT2D eigenvalue weighted by Gasteiger charge is 2.27. The lowest BCUT2D eigenvalue weighted by Gasteiger charge is -2.08. The van der Waals surface area contributed by atoms with E-state index in [1.165, 1.54) is 0 Å². The number of esters is 1. The number of hydrogen-bond donors (Lipinski definition) is 2. The van der Waals surface area contributed by atoms with Gasteiger partial charge in [0.15, 0.2) is 6.61 Å². The van der Waals surface area contributed by atoms with Crippen molar-refractivity contribution in [1.82, 2.24) is 0 Å². The van der Waals surface area contributed by atoms with Gasteiger partial charge in [-0.2, -0.15) is 0 Å². The van der Waals surface area contributed by atoms with Gasteiger partial charge >= 0.3 is 5.97 Å². The van der Waals surface area contributed by atoms with Crippen LogP contribution in [0, 0.1) is 6.92 Å². The number of ether oxygens (including phenoxy) is 2. The number of carbonyl (C=O) groups excluding carboxylic acids is 3. The molecule has 2 aromatic carbocycles. The van der Waals surface area contributed by atoms with Crippen LogP contribution in [0.4, 0.5) is 10.7 Å². The Morgan fingerprint density at radius 3 is 2.15 bits per heavy atom. The predicted molar refractivity (Wildman–Crippen MR) is 130 cm³/mol. The van der Waals surface area contributed by atoms with Crippen molar-refractivity contribution < 1.29 is 23.9 Å². The number of thiophene rings is 1. The molecule has 1 heterocycles. The summed E-state index contributed by atoms with van der Waals surface area (Å²) in [7, 11) is 0. The largest absolute Gasteiger partial charge is 0.484 e. The van der Waals surface area contributed by atoms with Crippen LogP contribution in [0.1, 0.15) is 32.5 Å². The van der Waals surface area contributed by atoms with Crippen molar-refractivity contribution in [2.24, 2.45) is 0 Å². The van der Waals surface area contributed by atoms with Crippen LogP contribution in [0.15, 0.2) is 48.5 Å². The van der Waals surface area contributed by atoms with E-state index in [1.54, 1.807) is 62.4 Å². The predicted octanol–water partition coefficient (Wildman–Crippen LogP) is 5.81. The lowest BCUT2D eigenvalue weighted by atomic mass is 10.1. The van der Waals surface area contributed by atoms with E-state index >= 15 is 0 Å². The van der Waals surface area contributed by atoms with Crippen molar-refractivity contribution in [2.75, 3.05) is 23.8 Å².